The van der Waals surface area contributed by atoms with Gasteiger partial charge in [-0.3, -0.25) is 9.59 Å². The quantitative estimate of drug-likeness (QED) is 0.530. The number of carboxylic acids is 1. The standard InChI is InChI=1S/C10H20N2O3/c1-7(2)8(6-11)10(15)12-5-3-4-9(13)14/h7-8H,3-6,11H2,1-2H3,(H,12,15)(H,13,14). The maximum Gasteiger partial charge on any atom is 0.303 e. The van der Waals surface area contributed by atoms with Crippen LogP contribution in [0.15, 0.2) is 0 Å². The van der Waals surface area contributed by atoms with E-state index in [9.17, 15) is 9.59 Å². The summed E-state index contributed by atoms with van der Waals surface area (Å²) < 4.78 is 0. The van der Waals surface area contributed by atoms with Gasteiger partial charge in [-0.15, -0.1) is 0 Å². The zero-order chi connectivity index (χ0) is 11.8. The Labute approximate surface area is 90.0 Å². The fourth-order valence-electron chi connectivity index (χ4n) is 1.26. The largest absolute Gasteiger partial charge is 0.481 e. The summed E-state index contributed by atoms with van der Waals surface area (Å²) in [6.07, 6.45) is 0.533. The number of nitrogens with one attached hydrogen (secondary N) is 1. The van der Waals surface area contributed by atoms with Crippen LogP contribution in [0.3, 0.4) is 0 Å². The maximum atomic E-state index is 11.5. The lowest BCUT2D eigenvalue weighted by Crippen LogP contribution is -2.38. The minimum atomic E-state index is -0.844. The first-order valence-electron chi connectivity index (χ1n) is 5.18. The molecule has 0 saturated heterocycles. The van der Waals surface area contributed by atoms with Gasteiger partial charge in [-0.25, -0.2) is 0 Å². The highest BCUT2D eigenvalue weighted by molar-refractivity contribution is 5.79. The predicted octanol–water partition coefficient (Wildman–Crippen LogP) is 0.198. The first-order chi connectivity index (χ1) is 6.99. The summed E-state index contributed by atoms with van der Waals surface area (Å²) in [5.74, 6) is -0.911. The van der Waals surface area contributed by atoms with Gasteiger partial charge < -0.3 is 16.2 Å². The third kappa shape index (κ3) is 6.06. The topological polar surface area (TPSA) is 92.4 Å². The fraction of sp³-hybridized carbons (Fsp3) is 0.800. The van der Waals surface area contributed by atoms with Crippen molar-refractivity contribution < 1.29 is 14.7 Å². The van der Waals surface area contributed by atoms with E-state index in [4.69, 9.17) is 10.8 Å². The number of nitrogens with two attached hydrogens (primary N) is 1. The van der Waals surface area contributed by atoms with Crippen molar-refractivity contribution in [2.75, 3.05) is 13.1 Å². The Morgan fingerprint density at radius 2 is 2.00 bits per heavy atom. The smallest absolute Gasteiger partial charge is 0.303 e. The van der Waals surface area contributed by atoms with Crippen LogP contribution in [0.25, 0.3) is 0 Å². The number of carbonyl (C=O) groups excluding carboxylic acids is 1. The van der Waals surface area contributed by atoms with Crippen LogP contribution in [0, 0.1) is 11.8 Å². The van der Waals surface area contributed by atoms with E-state index in [-0.39, 0.29) is 24.2 Å². The van der Waals surface area contributed by atoms with Crippen LogP contribution in [-0.2, 0) is 9.59 Å². The third-order valence-electron chi connectivity index (χ3n) is 2.26. The molecule has 5 nitrogen and oxygen atoms in total. The molecule has 1 atom stereocenters. The summed E-state index contributed by atoms with van der Waals surface area (Å²) in [4.78, 5) is 21.7. The lowest BCUT2D eigenvalue weighted by Gasteiger charge is -2.17. The van der Waals surface area contributed by atoms with Crippen molar-refractivity contribution in [2.45, 2.75) is 26.7 Å². The number of hydrogen-bond donors (Lipinski definition) is 3. The number of amides is 1. The number of rotatable bonds is 7. The van der Waals surface area contributed by atoms with Gasteiger partial charge in [-0.1, -0.05) is 13.8 Å². The van der Waals surface area contributed by atoms with Gasteiger partial charge in [0.15, 0.2) is 0 Å². The van der Waals surface area contributed by atoms with E-state index in [0.29, 0.717) is 19.5 Å². The monoisotopic (exact) mass is 216 g/mol. The summed E-state index contributed by atoms with van der Waals surface area (Å²) in [7, 11) is 0. The van der Waals surface area contributed by atoms with Crippen molar-refractivity contribution in [1.29, 1.82) is 0 Å². The van der Waals surface area contributed by atoms with E-state index in [1.165, 1.54) is 0 Å². The molecule has 0 aromatic heterocycles. The molecule has 0 saturated carbocycles. The molecule has 0 bridgehead atoms. The van der Waals surface area contributed by atoms with Gasteiger partial charge in [0.1, 0.15) is 0 Å². The van der Waals surface area contributed by atoms with Gasteiger partial charge in [0, 0.05) is 19.5 Å². The molecule has 0 fully saturated rings. The van der Waals surface area contributed by atoms with Crippen molar-refractivity contribution in [3.63, 3.8) is 0 Å². The highest BCUT2D eigenvalue weighted by atomic mass is 16.4. The Morgan fingerprint density at radius 1 is 1.40 bits per heavy atom. The molecule has 0 radical (unpaired) electrons. The van der Waals surface area contributed by atoms with Crippen LogP contribution in [0.1, 0.15) is 26.7 Å². The lowest BCUT2D eigenvalue weighted by atomic mass is 9.95. The SMILES string of the molecule is CC(C)C(CN)C(=O)NCCCC(=O)O. The first kappa shape index (κ1) is 13.9. The molecule has 0 rings (SSSR count). The maximum absolute atomic E-state index is 11.5. The average Bonchev–Trinajstić information content (AvgIpc) is 2.12. The molecule has 4 N–H and O–H groups in total. The lowest BCUT2D eigenvalue weighted by molar-refractivity contribution is -0.137. The van der Waals surface area contributed by atoms with Crippen LogP contribution in [0.2, 0.25) is 0 Å². The van der Waals surface area contributed by atoms with E-state index in [1.807, 2.05) is 13.8 Å². The zero-order valence-electron chi connectivity index (χ0n) is 9.32. The molecular formula is C10H20N2O3. The second-order valence-electron chi connectivity index (χ2n) is 3.87. The fourth-order valence-corrected chi connectivity index (χ4v) is 1.26. The summed E-state index contributed by atoms with van der Waals surface area (Å²) in [5.41, 5.74) is 5.47. The van der Waals surface area contributed by atoms with Crippen LogP contribution in [0.4, 0.5) is 0 Å². The van der Waals surface area contributed by atoms with E-state index in [0.717, 1.165) is 0 Å². The van der Waals surface area contributed by atoms with Gasteiger partial charge >= 0.3 is 5.97 Å². The molecule has 5 heteroatoms. The van der Waals surface area contributed by atoms with Crippen molar-refractivity contribution in [3.05, 3.63) is 0 Å². The zero-order valence-corrected chi connectivity index (χ0v) is 9.32. The highest BCUT2D eigenvalue weighted by Gasteiger charge is 2.19. The number of aliphatic carboxylic acids is 1. The van der Waals surface area contributed by atoms with Gasteiger partial charge in [-0.05, 0) is 12.3 Å². The van der Waals surface area contributed by atoms with Crippen LogP contribution < -0.4 is 11.1 Å². The summed E-state index contributed by atoms with van der Waals surface area (Å²) in [6.45, 7) is 4.60. The van der Waals surface area contributed by atoms with Gasteiger partial charge in [-0.2, -0.15) is 0 Å². The Morgan fingerprint density at radius 3 is 2.40 bits per heavy atom. The van der Waals surface area contributed by atoms with E-state index >= 15 is 0 Å². The van der Waals surface area contributed by atoms with Gasteiger partial charge in [0.2, 0.25) is 5.91 Å². The molecule has 15 heavy (non-hydrogen) atoms. The molecule has 1 unspecified atom stereocenters. The third-order valence-corrected chi connectivity index (χ3v) is 2.26. The highest BCUT2D eigenvalue weighted by Crippen LogP contribution is 2.08. The predicted molar refractivity (Wildman–Crippen MR) is 57.3 cm³/mol. The Bertz CT molecular complexity index is 217. The van der Waals surface area contributed by atoms with Gasteiger partial charge in [0.05, 0.1) is 5.92 Å². The Balaban J connectivity index is 3.77. The van der Waals surface area contributed by atoms with Crippen molar-refractivity contribution >= 4 is 11.9 Å². The molecule has 0 aromatic rings. The van der Waals surface area contributed by atoms with Crippen LogP contribution in [0.5, 0.6) is 0 Å². The van der Waals surface area contributed by atoms with Crippen LogP contribution in [-0.4, -0.2) is 30.1 Å². The normalized spacial score (nSPS) is 12.5. The molecular weight excluding hydrogens is 196 g/mol. The molecule has 0 aromatic carbocycles. The summed E-state index contributed by atoms with van der Waals surface area (Å²) >= 11 is 0. The van der Waals surface area contributed by atoms with Gasteiger partial charge in [0.25, 0.3) is 0 Å². The minimum absolute atomic E-state index is 0.0786. The van der Waals surface area contributed by atoms with E-state index in [2.05, 4.69) is 5.32 Å². The van der Waals surface area contributed by atoms with Crippen molar-refractivity contribution in [1.82, 2.24) is 5.32 Å². The average molecular weight is 216 g/mol. The van der Waals surface area contributed by atoms with E-state index in [1.54, 1.807) is 0 Å². The minimum Gasteiger partial charge on any atom is -0.481 e. The number of carboxylic acid groups (broad SMARTS) is 1. The number of carbonyl (C=O) groups is 2. The summed E-state index contributed by atoms with van der Waals surface area (Å²) in [6, 6.07) is 0. The van der Waals surface area contributed by atoms with E-state index < -0.39 is 5.97 Å². The number of hydrogen-bond acceptors (Lipinski definition) is 3. The molecule has 1 amide bonds. The second kappa shape index (κ2) is 7.23. The Kier molecular flexibility index (Phi) is 6.70. The molecule has 0 spiro atoms. The molecule has 88 valence electrons. The molecule has 0 aliphatic carbocycles. The molecule has 0 aliphatic rings. The summed E-state index contributed by atoms with van der Waals surface area (Å²) in [5, 5.41) is 11.1. The Hall–Kier alpha value is -1.10. The molecule has 0 aliphatic heterocycles. The van der Waals surface area contributed by atoms with Crippen molar-refractivity contribution in [3.8, 4) is 0 Å². The van der Waals surface area contributed by atoms with Crippen LogP contribution >= 0.6 is 0 Å². The van der Waals surface area contributed by atoms with Crippen molar-refractivity contribution in [2.24, 2.45) is 17.6 Å². The second-order valence-corrected chi connectivity index (χ2v) is 3.87. The molecule has 0 heterocycles. The first-order valence-corrected chi connectivity index (χ1v) is 5.18.